The van der Waals surface area contributed by atoms with Crippen LogP contribution in [0.3, 0.4) is 0 Å². The van der Waals surface area contributed by atoms with Gasteiger partial charge in [0, 0.05) is 27.6 Å². The summed E-state index contributed by atoms with van der Waals surface area (Å²) in [6, 6.07) is 30.9. The maximum absolute atomic E-state index is 6.42. The van der Waals surface area contributed by atoms with E-state index in [9.17, 15) is 0 Å². The lowest BCUT2D eigenvalue weighted by atomic mass is 10.0. The molecule has 0 saturated carbocycles. The summed E-state index contributed by atoms with van der Waals surface area (Å²) in [6.45, 7) is 0. The lowest BCUT2D eigenvalue weighted by Crippen LogP contribution is -1.84. The van der Waals surface area contributed by atoms with Crippen molar-refractivity contribution in [2.45, 2.75) is 0 Å². The molecule has 124 valence electrons. The predicted octanol–water partition coefficient (Wildman–Crippen LogP) is 6.50. The first-order valence-corrected chi connectivity index (χ1v) is 8.67. The number of nitrogen functional groups attached to an aromatic ring is 1. The van der Waals surface area contributed by atoms with Crippen molar-refractivity contribution in [3.8, 4) is 22.3 Å². The third-order valence-electron chi connectivity index (χ3n) is 4.83. The molecule has 0 aliphatic heterocycles. The summed E-state index contributed by atoms with van der Waals surface area (Å²) < 4.78 is 6.42. The zero-order chi connectivity index (χ0) is 17.5. The van der Waals surface area contributed by atoms with Gasteiger partial charge in [0.2, 0.25) is 0 Å². The van der Waals surface area contributed by atoms with E-state index in [2.05, 4.69) is 60.7 Å². The molecule has 0 bridgehead atoms. The summed E-state index contributed by atoms with van der Waals surface area (Å²) in [5.74, 6) is 0. The van der Waals surface area contributed by atoms with Crippen molar-refractivity contribution < 1.29 is 4.42 Å². The Hall–Kier alpha value is -3.52. The van der Waals surface area contributed by atoms with Crippen LogP contribution in [0, 0.1) is 0 Å². The third-order valence-corrected chi connectivity index (χ3v) is 4.83. The molecule has 0 saturated heterocycles. The van der Waals surface area contributed by atoms with Crippen LogP contribution in [0.15, 0.2) is 95.4 Å². The molecule has 2 nitrogen and oxygen atoms in total. The minimum Gasteiger partial charge on any atom is -0.455 e. The quantitative estimate of drug-likeness (QED) is 0.374. The number of hydrogen-bond acceptors (Lipinski definition) is 2. The fraction of sp³-hybridized carbons (Fsp3) is 0. The minimum atomic E-state index is 0.761. The lowest BCUT2D eigenvalue weighted by Gasteiger charge is -2.03. The molecule has 0 aliphatic carbocycles. The zero-order valence-electron chi connectivity index (χ0n) is 14.1. The van der Waals surface area contributed by atoms with E-state index in [0.717, 1.165) is 49.9 Å². The predicted molar refractivity (Wildman–Crippen MR) is 109 cm³/mol. The second-order valence-electron chi connectivity index (χ2n) is 6.45. The fourth-order valence-electron chi connectivity index (χ4n) is 3.56. The molecule has 5 aromatic rings. The number of para-hydroxylation sites is 2. The molecule has 4 aromatic carbocycles. The van der Waals surface area contributed by atoms with Crippen molar-refractivity contribution in [3.63, 3.8) is 0 Å². The van der Waals surface area contributed by atoms with Crippen molar-refractivity contribution in [2.24, 2.45) is 0 Å². The number of rotatable bonds is 2. The largest absolute Gasteiger partial charge is 0.455 e. The molecule has 0 fully saturated rings. The van der Waals surface area contributed by atoms with E-state index in [-0.39, 0.29) is 0 Å². The molecular weight excluding hydrogens is 318 g/mol. The molecule has 26 heavy (non-hydrogen) atoms. The van der Waals surface area contributed by atoms with Crippen molar-refractivity contribution in [2.75, 3.05) is 5.73 Å². The minimum absolute atomic E-state index is 0.761. The number of hydrogen-bond donors (Lipinski definition) is 1. The van der Waals surface area contributed by atoms with Gasteiger partial charge in [-0.15, -0.1) is 0 Å². The highest BCUT2D eigenvalue weighted by molar-refractivity contribution is 6.12. The van der Waals surface area contributed by atoms with Gasteiger partial charge >= 0.3 is 0 Å². The Morgan fingerprint density at radius 1 is 0.500 bits per heavy atom. The van der Waals surface area contributed by atoms with Gasteiger partial charge in [0.15, 0.2) is 0 Å². The van der Waals surface area contributed by atoms with Crippen LogP contribution in [-0.4, -0.2) is 0 Å². The van der Waals surface area contributed by atoms with Gasteiger partial charge in [-0.3, -0.25) is 0 Å². The van der Waals surface area contributed by atoms with E-state index in [1.165, 1.54) is 0 Å². The Balaban J connectivity index is 1.82. The molecule has 1 aromatic heterocycles. The van der Waals surface area contributed by atoms with E-state index < -0.39 is 0 Å². The van der Waals surface area contributed by atoms with Crippen LogP contribution in [-0.2, 0) is 0 Å². The number of nitrogens with two attached hydrogens (primary N) is 1. The van der Waals surface area contributed by atoms with Crippen LogP contribution >= 0.6 is 0 Å². The second kappa shape index (κ2) is 5.78. The van der Waals surface area contributed by atoms with Gasteiger partial charge in [0.05, 0.1) is 0 Å². The standard InChI is InChI=1S/C24H17NO/c25-18-14-12-17(13-15-18)20-9-5-11-22-21-10-4-8-19(23(21)26-24(20)22)16-6-2-1-3-7-16/h1-15H,25H2. The summed E-state index contributed by atoms with van der Waals surface area (Å²) >= 11 is 0. The van der Waals surface area contributed by atoms with Crippen LogP contribution in [0.5, 0.6) is 0 Å². The van der Waals surface area contributed by atoms with Gasteiger partial charge in [-0.1, -0.05) is 78.9 Å². The highest BCUT2D eigenvalue weighted by atomic mass is 16.3. The number of fused-ring (bicyclic) bond motifs is 3. The average Bonchev–Trinajstić information content (AvgIpc) is 3.08. The van der Waals surface area contributed by atoms with Gasteiger partial charge in [-0.2, -0.15) is 0 Å². The summed E-state index contributed by atoms with van der Waals surface area (Å²) in [7, 11) is 0. The normalized spacial score (nSPS) is 11.2. The Kier molecular flexibility index (Phi) is 3.29. The molecular formula is C24H17NO. The Labute approximate surface area is 151 Å². The molecule has 0 spiro atoms. The van der Waals surface area contributed by atoms with Crippen molar-refractivity contribution in [3.05, 3.63) is 91.0 Å². The molecule has 0 aliphatic rings. The van der Waals surface area contributed by atoms with Crippen LogP contribution < -0.4 is 5.73 Å². The summed E-state index contributed by atoms with van der Waals surface area (Å²) in [4.78, 5) is 0. The van der Waals surface area contributed by atoms with Gasteiger partial charge in [-0.05, 0) is 23.3 Å². The number of furan rings is 1. The number of benzene rings is 4. The van der Waals surface area contributed by atoms with Crippen molar-refractivity contribution in [1.82, 2.24) is 0 Å². The molecule has 5 rings (SSSR count). The monoisotopic (exact) mass is 335 g/mol. The van der Waals surface area contributed by atoms with Gasteiger partial charge in [0.1, 0.15) is 11.2 Å². The van der Waals surface area contributed by atoms with Gasteiger partial charge in [0.25, 0.3) is 0 Å². The van der Waals surface area contributed by atoms with Crippen LogP contribution in [0.25, 0.3) is 44.2 Å². The molecule has 1 heterocycles. The highest BCUT2D eigenvalue weighted by Crippen LogP contribution is 2.39. The smallest absolute Gasteiger partial charge is 0.143 e. The van der Waals surface area contributed by atoms with Gasteiger partial charge in [-0.25, -0.2) is 0 Å². The topological polar surface area (TPSA) is 39.2 Å². The van der Waals surface area contributed by atoms with Crippen LogP contribution in [0.2, 0.25) is 0 Å². The first kappa shape index (κ1) is 14.8. The molecule has 0 atom stereocenters. The second-order valence-corrected chi connectivity index (χ2v) is 6.45. The molecule has 0 unspecified atom stereocenters. The Bertz CT molecular complexity index is 1220. The van der Waals surface area contributed by atoms with E-state index in [4.69, 9.17) is 10.2 Å². The van der Waals surface area contributed by atoms with Crippen LogP contribution in [0.1, 0.15) is 0 Å². The van der Waals surface area contributed by atoms with E-state index >= 15 is 0 Å². The lowest BCUT2D eigenvalue weighted by molar-refractivity contribution is 0.671. The third kappa shape index (κ3) is 2.27. The zero-order valence-corrected chi connectivity index (χ0v) is 14.1. The van der Waals surface area contributed by atoms with Crippen molar-refractivity contribution >= 4 is 27.6 Å². The molecule has 0 radical (unpaired) electrons. The van der Waals surface area contributed by atoms with Crippen LogP contribution in [0.4, 0.5) is 5.69 Å². The SMILES string of the molecule is Nc1ccc(-c2cccc3c2oc2c(-c4ccccc4)cccc23)cc1. The first-order chi connectivity index (χ1) is 12.8. The molecule has 2 heteroatoms. The highest BCUT2D eigenvalue weighted by Gasteiger charge is 2.15. The van der Waals surface area contributed by atoms with E-state index in [1.54, 1.807) is 0 Å². The van der Waals surface area contributed by atoms with Gasteiger partial charge < -0.3 is 10.2 Å². The maximum atomic E-state index is 6.42. The summed E-state index contributed by atoms with van der Waals surface area (Å²) in [5.41, 5.74) is 12.9. The molecule has 0 amide bonds. The average molecular weight is 335 g/mol. The first-order valence-electron chi connectivity index (χ1n) is 8.67. The van der Waals surface area contributed by atoms with E-state index in [1.807, 2.05) is 30.3 Å². The van der Waals surface area contributed by atoms with Crippen molar-refractivity contribution in [1.29, 1.82) is 0 Å². The molecule has 2 N–H and O–H groups in total. The summed E-state index contributed by atoms with van der Waals surface area (Å²) in [5, 5.41) is 2.27. The maximum Gasteiger partial charge on any atom is 0.143 e. The Morgan fingerprint density at radius 3 is 1.62 bits per heavy atom. The van der Waals surface area contributed by atoms with E-state index in [0.29, 0.717) is 0 Å². The number of anilines is 1. The Morgan fingerprint density at radius 2 is 1.04 bits per heavy atom. The summed E-state index contributed by atoms with van der Waals surface area (Å²) in [6.07, 6.45) is 0. The fourth-order valence-corrected chi connectivity index (χ4v) is 3.56.